The Morgan fingerprint density at radius 2 is 2.14 bits per heavy atom. The highest BCUT2D eigenvalue weighted by Gasteiger charge is 2.16. The standard InChI is InChI=1S/C20H21ClN6OS/c1-27(2)8-4-9-28-16-12-13(17-15(21)5-3-6-22-17)11-14-18(16)25-26-19(14)24-20-23-7-10-29-20/h3,5-7,10-12H,4,8-9H2,1-2H3,(H2,23,24,25,26). The molecule has 0 radical (unpaired) electrons. The van der Waals surface area contributed by atoms with Gasteiger partial charge < -0.3 is 15.0 Å². The number of pyridine rings is 1. The summed E-state index contributed by atoms with van der Waals surface area (Å²) in [6.45, 7) is 1.55. The Morgan fingerprint density at radius 3 is 2.90 bits per heavy atom. The summed E-state index contributed by atoms with van der Waals surface area (Å²) in [5.74, 6) is 1.40. The van der Waals surface area contributed by atoms with Crippen LogP contribution in [-0.2, 0) is 0 Å². The molecule has 4 aromatic rings. The first kappa shape index (κ1) is 19.6. The second-order valence-electron chi connectivity index (χ2n) is 6.77. The van der Waals surface area contributed by atoms with Gasteiger partial charge in [-0.15, -0.1) is 11.3 Å². The van der Waals surface area contributed by atoms with E-state index in [-0.39, 0.29) is 0 Å². The summed E-state index contributed by atoms with van der Waals surface area (Å²) in [4.78, 5) is 10.9. The van der Waals surface area contributed by atoms with Crippen LogP contribution in [0.1, 0.15) is 6.42 Å². The van der Waals surface area contributed by atoms with Crippen molar-refractivity contribution in [1.29, 1.82) is 0 Å². The van der Waals surface area contributed by atoms with Crippen molar-refractivity contribution in [3.05, 3.63) is 47.1 Å². The van der Waals surface area contributed by atoms with Gasteiger partial charge in [-0.3, -0.25) is 10.1 Å². The molecule has 2 N–H and O–H groups in total. The third-order valence-electron chi connectivity index (χ3n) is 4.33. The van der Waals surface area contributed by atoms with Crippen molar-refractivity contribution in [1.82, 2.24) is 25.1 Å². The van der Waals surface area contributed by atoms with Gasteiger partial charge in [-0.1, -0.05) is 11.6 Å². The van der Waals surface area contributed by atoms with Gasteiger partial charge in [0.15, 0.2) is 10.9 Å². The summed E-state index contributed by atoms with van der Waals surface area (Å²) in [6.07, 6.45) is 4.40. The van der Waals surface area contributed by atoms with Crippen LogP contribution in [0, 0.1) is 0 Å². The fourth-order valence-electron chi connectivity index (χ4n) is 2.98. The third-order valence-corrected chi connectivity index (χ3v) is 5.33. The number of hydrogen-bond donors (Lipinski definition) is 2. The number of benzene rings is 1. The SMILES string of the molecule is CN(C)CCCOc1cc(-c2ncccc2Cl)cc2c(Nc3nccs3)n[nH]c12. The number of aromatic amines is 1. The zero-order valence-electron chi connectivity index (χ0n) is 16.1. The monoisotopic (exact) mass is 428 g/mol. The van der Waals surface area contributed by atoms with Crippen LogP contribution >= 0.6 is 22.9 Å². The van der Waals surface area contributed by atoms with E-state index >= 15 is 0 Å². The van der Waals surface area contributed by atoms with Crippen molar-refractivity contribution in [2.24, 2.45) is 0 Å². The molecule has 0 saturated carbocycles. The molecule has 0 spiro atoms. The van der Waals surface area contributed by atoms with E-state index in [1.165, 1.54) is 11.3 Å². The van der Waals surface area contributed by atoms with Crippen LogP contribution in [0.25, 0.3) is 22.2 Å². The van der Waals surface area contributed by atoms with Crippen molar-refractivity contribution in [2.45, 2.75) is 6.42 Å². The van der Waals surface area contributed by atoms with Crippen LogP contribution in [0.3, 0.4) is 0 Å². The van der Waals surface area contributed by atoms with Gasteiger partial charge in [0.25, 0.3) is 0 Å². The van der Waals surface area contributed by atoms with E-state index in [2.05, 4.69) is 30.4 Å². The fraction of sp³-hybridized carbons (Fsp3) is 0.250. The van der Waals surface area contributed by atoms with E-state index in [0.29, 0.717) is 23.1 Å². The summed E-state index contributed by atoms with van der Waals surface area (Å²) in [6, 6.07) is 7.61. The summed E-state index contributed by atoms with van der Waals surface area (Å²) in [5, 5.41) is 14.9. The molecule has 3 aromatic heterocycles. The maximum Gasteiger partial charge on any atom is 0.188 e. The average Bonchev–Trinajstić information content (AvgIpc) is 3.36. The van der Waals surface area contributed by atoms with Crippen LogP contribution in [0.2, 0.25) is 5.02 Å². The molecule has 0 bridgehead atoms. The lowest BCUT2D eigenvalue weighted by Gasteiger charge is -2.12. The molecule has 4 rings (SSSR count). The third kappa shape index (κ3) is 4.50. The van der Waals surface area contributed by atoms with E-state index in [4.69, 9.17) is 16.3 Å². The minimum absolute atomic E-state index is 0.586. The molecular weight excluding hydrogens is 408 g/mol. The molecule has 0 aliphatic rings. The molecule has 150 valence electrons. The summed E-state index contributed by atoms with van der Waals surface area (Å²) >= 11 is 7.91. The van der Waals surface area contributed by atoms with Crippen molar-refractivity contribution in [3.8, 4) is 17.0 Å². The smallest absolute Gasteiger partial charge is 0.188 e. The van der Waals surface area contributed by atoms with E-state index in [9.17, 15) is 0 Å². The molecule has 9 heteroatoms. The first-order chi connectivity index (χ1) is 14.1. The number of aromatic nitrogens is 4. The lowest BCUT2D eigenvalue weighted by atomic mass is 10.1. The van der Waals surface area contributed by atoms with Gasteiger partial charge in [0.05, 0.1) is 17.3 Å². The van der Waals surface area contributed by atoms with Crippen molar-refractivity contribution < 1.29 is 4.74 Å². The van der Waals surface area contributed by atoms with E-state index in [1.54, 1.807) is 12.4 Å². The zero-order valence-corrected chi connectivity index (χ0v) is 17.7. The quantitative estimate of drug-likeness (QED) is 0.392. The molecule has 0 saturated heterocycles. The molecule has 7 nitrogen and oxygen atoms in total. The normalized spacial score (nSPS) is 11.3. The Hall–Kier alpha value is -2.68. The van der Waals surface area contributed by atoms with Crippen LogP contribution in [0.15, 0.2) is 42.0 Å². The lowest BCUT2D eigenvalue weighted by molar-refractivity contribution is 0.284. The Kier molecular flexibility index (Phi) is 5.94. The van der Waals surface area contributed by atoms with E-state index < -0.39 is 0 Å². The number of nitrogens with one attached hydrogen (secondary N) is 2. The van der Waals surface area contributed by atoms with Gasteiger partial charge >= 0.3 is 0 Å². The Balaban J connectivity index is 1.73. The van der Waals surface area contributed by atoms with Crippen LogP contribution in [0.5, 0.6) is 5.75 Å². The van der Waals surface area contributed by atoms with E-state index in [0.717, 1.165) is 40.3 Å². The largest absolute Gasteiger partial charge is 0.491 e. The number of rotatable bonds is 8. The number of nitrogens with zero attached hydrogens (tertiary/aromatic N) is 4. The number of hydrogen-bond acceptors (Lipinski definition) is 7. The summed E-state index contributed by atoms with van der Waals surface area (Å²) < 4.78 is 6.11. The molecule has 0 fully saturated rings. The molecule has 1 aromatic carbocycles. The number of fused-ring (bicyclic) bond motifs is 1. The van der Waals surface area contributed by atoms with E-state index in [1.807, 2.05) is 43.7 Å². The minimum atomic E-state index is 0.586. The number of halogens is 1. The molecule has 3 heterocycles. The Bertz CT molecular complexity index is 1100. The topological polar surface area (TPSA) is 79.0 Å². The van der Waals surface area contributed by atoms with Gasteiger partial charge in [-0.2, -0.15) is 5.10 Å². The predicted octanol–water partition coefficient (Wildman–Crippen LogP) is 4.81. The molecule has 0 aliphatic heterocycles. The fourth-order valence-corrected chi connectivity index (χ4v) is 3.74. The molecular formula is C20H21ClN6OS. The van der Waals surface area contributed by atoms with Gasteiger partial charge in [0.2, 0.25) is 0 Å². The van der Waals surface area contributed by atoms with Gasteiger partial charge in [0, 0.05) is 35.3 Å². The summed E-state index contributed by atoms with van der Waals surface area (Å²) in [5.41, 5.74) is 2.40. The summed E-state index contributed by atoms with van der Waals surface area (Å²) in [7, 11) is 4.10. The minimum Gasteiger partial charge on any atom is -0.491 e. The lowest BCUT2D eigenvalue weighted by Crippen LogP contribution is -2.15. The van der Waals surface area contributed by atoms with Gasteiger partial charge in [-0.05, 0) is 44.8 Å². The van der Waals surface area contributed by atoms with Crippen LogP contribution < -0.4 is 10.1 Å². The maximum absolute atomic E-state index is 6.40. The first-order valence-electron chi connectivity index (χ1n) is 9.19. The highest BCUT2D eigenvalue weighted by atomic mass is 35.5. The predicted molar refractivity (Wildman–Crippen MR) is 118 cm³/mol. The molecule has 0 amide bonds. The second-order valence-corrected chi connectivity index (χ2v) is 8.07. The number of thiazole rings is 1. The molecule has 0 atom stereocenters. The molecule has 0 unspecified atom stereocenters. The average molecular weight is 429 g/mol. The number of ether oxygens (including phenoxy) is 1. The second kappa shape index (κ2) is 8.77. The Labute approximate surface area is 177 Å². The highest BCUT2D eigenvalue weighted by molar-refractivity contribution is 7.13. The molecule has 0 aliphatic carbocycles. The van der Waals surface area contributed by atoms with Gasteiger partial charge in [-0.25, -0.2) is 4.98 Å². The maximum atomic E-state index is 6.40. The number of anilines is 2. The van der Waals surface area contributed by atoms with Crippen molar-refractivity contribution >= 4 is 44.8 Å². The van der Waals surface area contributed by atoms with Gasteiger partial charge in [0.1, 0.15) is 11.3 Å². The highest BCUT2D eigenvalue weighted by Crippen LogP contribution is 2.37. The van der Waals surface area contributed by atoms with Crippen molar-refractivity contribution in [3.63, 3.8) is 0 Å². The first-order valence-corrected chi connectivity index (χ1v) is 10.4. The Morgan fingerprint density at radius 1 is 1.24 bits per heavy atom. The molecule has 29 heavy (non-hydrogen) atoms. The van der Waals surface area contributed by atoms with Crippen molar-refractivity contribution in [2.75, 3.05) is 32.6 Å². The van der Waals surface area contributed by atoms with Crippen LogP contribution in [-0.4, -0.2) is 52.3 Å². The van der Waals surface area contributed by atoms with Crippen LogP contribution in [0.4, 0.5) is 10.9 Å². The zero-order chi connectivity index (χ0) is 20.2. The number of H-pyrrole nitrogens is 1.